The molecule has 0 bridgehead atoms. The zero-order valence-corrected chi connectivity index (χ0v) is 17.9. The third-order valence-electron chi connectivity index (χ3n) is 4.63. The Morgan fingerprint density at radius 2 is 1.91 bits per heavy atom. The lowest BCUT2D eigenvalue weighted by Gasteiger charge is -2.19. The molecular formula is C21H21N7O6. The van der Waals surface area contributed by atoms with Crippen molar-refractivity contribution in [1.29, 1.82) is 0 Å². The zero-order chi connectivity index (χ0) is 24.8. The van der Waals surface area contributed by atoms with Crippen LogP contribution in [0.25, 0.3) is 11.2 Å². The van der Waals surface area contributed by atoms with Crippen LogP contribution in [0.3, 0.4) is 0 Å². The number of aliphatic carboxylic acids is 2. The number of amides is 1. The Labute approximate surface area is 192 Å². The average Bonchev–Trinajstić information content (AvgIpc) is 2.78. The molecular weight excluding hydrogens is 446 g/mol. The van der Waals surface area contributed by atoms with Gasteiger partial charge < -0.3 is 26.2 Å². The molecule has 0 saturated heterocycles. The summed E-state index contributed by atoms with van der Waals surface area (Å²) in [4.78, 5) is 62.8. The van der Waals surface area contributed by atoms with Gasteiger partial charge in [-0.25, -0.2) is 14.8 Å². The molecule has 3 aromatic rings. The van der Waals surface area contributed by atoms with E-state index >= 15 is 0 Å². The van der Waals surface area contributed by atoms with Crippen molar-refractivity contribution in [3.63, 3.8) is 0 Å². The number of carboxylic acid groups (broad SMARTS) is 2. The molecule has 1 amide bonds. The number of H-pyrrole nitrogens is 1. The summed E-state index contributed by atoms with van der Waals surface area (Å²) in [6.07, 6.45) is 3.39. The van der Waals surface area contributed by atoms with Crippen LogP contribution in [0.4, 0.5) is 11.6 Å². The average molecular weight is 467 g/mol. The van der Waals surface area contributed by atoms with Crippen LogP contribution in [0.5, 0.6) is 0 Å². The van der Waals surface area contributed by atoms with Crippen LogP contribution in [0.15, 0.2) is 47.4 Å². The third-order valence-corrected chi connectivity index (χ3v) is 4.63. The number of anilines is 2. The van der Waals surface area contributed by atoms with Crippen molar-refractivity contribution in [2.45, 2.75) is 19.0 Å². The number of carboxylic acids is 2. The summed E-state index contributed by atoms with van der Waals surface area (Å²) >= 11 is 0. The summed E-state index contributed by atoms with van der Waals surface area (Å²) in [6.45, 7) is 0.299. The first kappa shape index (κ1) is 23.8. The van der Waals surface area contributed by atoms with Crippen molar-refractivity contribution in [2.24, 2.45) is 0 Å². The van der Waals surface area contributed by atoms with Gasteiger partial charge in [0, 0.05) is 18.3 Å². The number of hydrogen-bond donors (Lipinski definition) is 5. The molecule has 0 spiro atoms. The van der Waals surface area contributed by atoms with E-state index in [4.69, 9.17) is 10.8 Å². The third kappa shape index (κ3) is 5.91. The summed E-state index contributed by atoms with van der Waals surface area (Å²) in [6, 6.07) is 4.99. The number of nitrogen functional groups attached to an aromatic ring is 1. The van der Waals surface area contributed by atoms with Crippen LogP contribution in [0, 0.1) is 0 Å². The van der Waals surface area contributed by atoms with Gasteiger partial charge in [-0.05, 0) is 24.3 Å². The number of rotatable bonds is 9. The molecule has 1 atom stereocenters. The Bertz CT molecular complexity index is 1320. The highest BCUT2D eigenvalue weighted by Crippen LogP contribution is 2.16. The van der Waals surface area contributed by atoms with Crippen LogP contribution in [-0.2, 0) is 16.1 Å². The molecule has 0 radical (unpaired) electrons. The predicted octanol–water partition coefficient (Wildman–Crippen LogP) is 0.146. The summed E-state index contributed by atoms with van der Waals surface area (Å²) in [5.74, 6) is -3.12. The van der Waals surface area contributed by atoms with E-state index in [1.54, 1.807) is 19.2 Å². The molecule has 0 aliphatic carbocycles. The molecule has 1 aromatic carbocycles. The van der Waals surface area contributed by atoms with Crippen LogP contribution in [-0.4, -0.2) is 61.1 Å². The lowest BCUT2D eigenvalue weighted by Crippen LogP contribution is -2.39. The maximum atomic E-state index is 12.4. The lowest BCUT2D eigenvalue weighted by molar-refractivity contribution is -0.138. The van der Waals surface area contributed by atoms with Crippen molar-refractivity contribution in [1.82, 2.24) is 25.3 Å². The van der Waals surface area contributed by atoms with E-state index in [0.717, 1.165) is 17.8 Å². The number of nitrogens with one attached hydrogen (secondary N) is 2. The Morgan fingerprint density at radius 1 is 1.21 bits per heavy atom. The largest absolute Gasteiger partial charge is 0.481 e. The topological polar surface area (TPSA) is 204 Å². The van der Waals surface area contributed by atoms with Crippen molar-refractivity contribution in [3.8, 4) is 0 Å². The fraction of sp³-hybridized carbons (Fsp3) is 0.190. The van der Waals surface area contributed by atoms with Gasteiger partial charge in [-0.1, -0.05) is 12.2 Å². The van der Waals surface area contributed by atoms with Crippen molar-refractivity contribution in [3.05, 3.63) is 64.2 Å². The number of carbonyl (C=O) groups excluding carboxylic acids is 1. The highest BCUT2D eigenvalue weighted by molar-refractivity contribution is 5.97. The number of nitrogens with two attached hydrogens (primary N) is 1. The van der Waals surface area contributed by atoms with Gasteiger partial charge in [-0.3, -0.25) is 19.4 Å². The number of aromatic amines is 1. The Balaban J connectivity index is 1.68. The smallest absolute Gasteiger partial charge is 0.330 e. The quantitative estimate of drug-likeness (QED) is 0.268. The van der Waals surface area contributed by atoms with Gasteiger partial charge >= 0.3 is 11.9 Å². The molecule has 13 nitrogen and oxygen atoms in total. The van der Waals surface area contributed by atoms with Gasteiger partial charge in [0.25, 0.3) is 11.5 Å². The first-order valence-electron chi connectivity index (χ1n) is 9.89. The lowest BCUT2D eigenvalue weighted by atomic mass is 10.1. The van der Waals surface area contributed by atoms with Crippen LogP contribution >= 0.6 is 0 Å². The van der Waals surface area contributed by atoms with Crippen molar-refractivity contribution < 1.29 is 24.6 Å². The summed E-state index contributed by atoms with van der Waals surface area (Å²) in [5, 5.41) is 20.2. The van der Waals surface area contributed by atoms with Gasteiger partial charge in [0.15, 0.2) is 11.2 Å². The molecule has 0 aliphatic rings. The Kier molecular flexibility index (Phi) is 7.16. The Morgan fingerprint density at radius 3 is 2.56 bits per heavy atom. The minimum absolute atomic E-state index is 0.0493. The SMILES string of the molecule is CN(Cc1cnc2nc(N)[nH]c(=O)c2n1)c1ccc(C(=O)NC(/C=C/CC(=O)O)C(=O)O)cc1. The molecule has 13 heteroatoms. The number of carbonyl (C=O) groups is 3. The second kappa shape index (κ2) is 10.2. The molecule has 0 aliphatic heterocycles. The van der Waals surface area contributed by atoms with E-state index in [1.807, 2.05) is 4.90 Å². The van der Waals surface area contributed by atoms with Crippen molar-refractivity contribution in [2.75, 3.05) is 17.7 Å². The fourth-order valence-electron chi connectivity index (χ4n) is 2.97. The van der Waals surface area contributed by atoms with Gasteiger partial charge in [-0.2, -0.15) is 4.98 Å². The van der Waals surface area contributed by atoms with Gasteiger partial charge in [-0.15, -0.1) is 0 Å². The predicted molar refractivity (Wildman–Crippen MR) is 121 cm³/mol. The molecule has 6 N–H and O–H groups in total. The summed E-state index contributed by atoms with van der Waals surface area (Å²) in [5.41, 5.74) is 6.66. The first-order valence-corrected chi connectivity index (χ1v) is 9.89. The second-order valence-corrected chi connectivity index (χ2v) is 7.20. The number of fused-ring (bicyclic) bond motifs is 1. The van der Waals surface area contributed by atoms with E-state index in [0.29, 0.717) is 12.2 Å². The fourth-order valence-corrected chi connectivity index (χ4v) is 2.97. The zero-order valence-electron chi connectivity index (χ0n) is 17.9. The highest BCUT2D eigenvalue weighted by atomic mass is 16.4. The molecule has 34 heavy (non-hydrogen) atoms. The molecule has 1 unspecified atom stereocenters. The molecule has 2 heterocycles. The van der Waals surface area contributed by atoms with Crippen LogP contribution < -0.4 is 21.5 Å². The highest BCUT2D eigenvalue weighted by Gasteiger charge is 2.18. The molecule has 2 aromatic heterocycles. The van der Waals surface area contributed by atoms with Gasteiger partial charge in [0.1, 0.15) is 6.04 Å². The molecule has 176 valence electrons. The van der Waals surface area contributed by atoms with E-state index < -0.39 is 29.4 Å². The second-order valence-electron chi connectivity index (χ2n) is 7.20. The number of aromatic nitrogens is 4. The normalized spacial score (nSPS) is 11.9. The number of hydrogen-bond acceptors (Lipinski definition) is 9. The van der Waals surface area contributed by atoms with E-state index in [2.05, 4.69) is 25.3 Å². The van der Waals surface area contributed by atoms with E-state index in [9.17, 15) is 24.3 Å². The molecule has 0 fully saturated rings. The minimum Gasteiger partial charge on any atom is -0.481 e. The van der Waals surface area contributed by atoms with Gasteiger partial charge in [0.2, 0.25) is 5.95 Å². The van der Waals surface area contributed by atoms with Crippen molar-refractivity contribution >= 4 is 40.6 Å². The number of benzene rings is 1. The molecule has 0 saturated carbocycles. The van der Waals surface area contributed by atoms with E-state index in [1.165, 1.54) is 18.3 Å². The standard InChI is InChI=1S/C21H21N7O6/c1-28(10-12-9-23-17-16(24-12)19(32)27-21(22)26-17)13-7-5-11(6-8-13)18(31)25-14(20(33)34)3-2-4-15(29)30/h2-3,5-9,14H,4,10H2,1H3,(H,25,31)(H,29,30)(H,33,34)(H3,22,23,26,27,32)/b3-2+. The maximum absolute atomic E-state index is 12.4. The molecule has 3 rings (SSSR count). The summed E-state index contributed by atoms with van der Waals surface area (Å²) in [7, 11) is 1.78. The summed E-state index contributed by atoms with van der Waals surface area (Å²) < 4.78 is 0. The minimum atomic E-state index is -1.37. The Hall–Kier alpha value is -4.81. The van der Waals surface area contributed by atoms with E-state index in [-0.39, 0.29) is 29.1 Å². The van der Waals surface area contributed by atoms with Crippen LogP contribution in [0.1, 0.15) is 22.5 Å². The van der Waals surface area contributed by atoms with Crippen LogP contribution in [0.2, 0.25) is 0 Å². The van der Waals surface area contributed by atoms with Gasteiger partial charge in [0.05, 0.1) is 24.9 Å². The number of nitrogens with zero attached hydrogens (tertiary/aromatic N) is 4. The monoisotopic (exact) mass is 467 g/mol. The first-order chi connectivity index (χ1) is 16.1. The maximum Gasteiger partial charge on any atom is 0.330 e.